The van der Waals surface area contributed by atoms with Crippen LogP contribution in [0.3, 0.4) is 0 Å². The molecule has 6 N–H and O–H groups in total. The maximum Gasteiger partial charge on any atom is 0.463 e. The number of benzene rings is 2. The van der Waals surface area contributed by atoms with Crippen molar-refractivity contribution in [2.75, 3.05) is 13.7 Å². The number of carbonyl (C=O) groups is 4. The lowest BCUT2D eigenvalue weighted by Crippen LogP contribution is -2.60. The molecule has 2 aliphatic carbocycles. The molecule has 0 aromatic heterocycles. The number of hydrogen-bond donors (Lipinski definition) is 6. The molecular weight excluding hydrogens is 661 g/mol. The number of alkyl halides is 5. The van der Waals surface area contributed by atoms with E-state index in [0.29, 0.717) is 0 Å². The first-order valence-corrected chi connectivity index (χ1v) is 14.3. The quantitative estimate of drug-likeness (QED) is 0.154. The number of ketones is 3. The van der Waals surface area contributed by atoms with Crippen LogP contribution < -0.4 is 10.1 Å². The van der Waals surface area contributed by atoms with Gasteiger partial charge in [0.25, 0.3) is 0 Å². The van der Waals surface area contributed by atoms with Gasteiger partial charge < -0.3 is 45.1 Å². The summed E-state index contributed by atoms with van der Waals surface area (Å²) in [7, 11) is 1.22. The number of hydrogen-bond acceptors (Lipinski definition) is 12. The van der Waals surface area contributed by atoms with Crippen molar-refractivity contribution >= 4 is 23.3 Å². The van der Waals surface area contributed by atoms with Gasteiger partial charge in [-0.1, -0.05) is 12.1 Å². The summed E-state index contributed by atoms with van der Waals surface area (Å²) in [5, 5.41) is 55.6. The number of phenols is 2. The fourth-order valence-corrected chi connectivity index (χ4v) is 6.25. The lowest BCUT2D eigenvalue weighted by atomic mass is 9.72. The number of aromatic hydroxyl groups is 2. The zero-order valence-corrected chi connectivity index (χ0v) is 24.9. The SMILES string of the molecule is COc1cccc2c1C(=O)c1c(O)c3c(c(O)c1C2=O)C[C@@](O)(C(=O)CO)C[C@@H]3OC1CC(NC(=O)C(F)(F)C(F)(F)F)C(O)C(C)O1. The summed E-state index contributed by atoms with van der Waals surface area (Å²) in [6.45, 7) is -0.0536. The average molecular weight is 690 g/mol. The Morgan fingerprint density at radius 1 is 1.06 bits per heavy atom. The summed E-state index contributed by atoms with van der Waals surface area (Å²) in [4.78, 5) is 51.9. The number of carbonyl (C=O) groups excluding carboxylic acids is 4. The molecule has 6 atom stereocenters. The van der Waals surface area contributed by atoms with Crippen LogP contribution in [0.2, 0.25) is 0 Å². The first-order valence-electron chi connectivity index (χ1n) is 14.3. The molecule has 5 rings (SSSR count). The van der Waals surface area contributed by atoms with Crippen molar-refractivity contribution in [1.82, 2.24) is 5.32 Å². The summed E-state index contributed by atoms with van der Waals surface area (Å²) < 4.78 is 82.3. The molecule has 1 heterocycles. The summed E-state index contributed by atoms with van der Waals surface area (Å²) in [6.07, 6.45) is -15.3. The van der Waals surface area contributed by atoms with Crippen LogP contribution >= 0.6 is 0 Å². The van der Waals surface area contributed by atoms with Crippen LogP contribution in [0.15, 0.2) is 18.2 Å². The smallest absolute Gasteiger partial charge is 0.463 e. The molecular formula is C30H28F5NO12. The number of aliphatic hydroxyl groups is 3. The van der Waals surface area contributed by atoms with Gasteiger partial charge in [-0.05, 0) is 13.0 Å². The van der Waals surface area contributed by atoms with Crippen molar-refractivity contribution in [3.63, 3.8) is 0 Å². The number of aliphatic hydroxyl groups excluding tert-OH is 2. The fourth-order valence-electron chi connectivity index (χ4n) is 6.25. The van der Waals surface area contributed by atoms with E-state index < -0.39 is 131 Å². The topological polar surface area (TPSA) is 209 Å². The summed E-state index contributed by atoms with van der Waals surface area (Å²) in [5.41, 5.74) is -5.20. The molecule has 4 unspecified atom stereocenters. The average Bonchev–Trinajstić information content (AvgIpc) is 3.02. The first kappa shape index (κ1) is 35.1. The van der Waals surface area contributed by atoms with Crippen LogP contribution in [0, 0.1) is 0 Å². The van der Waals surface area contributed by atoms with Gasteiger partial charge in [-0.3, -0.25) is 19.2 Å². The summed E-state index contributed by atoms with van der Waals surface area (Å²) in [6, 6.07) is 2.21. The first-order chi connectivity index (χ1) is 22.3. The molecule has 1 fully saturated rings. The molecule has 0 spiro atoms. The van der Waals surface area contributed by atoms with E-state index in [1.165, 1.54) is 30.6 Å². The monoisotopic (exact) mass is 689 g/mol. The lowest BCUT2D eigenvalue weighted by Gasteiger charge is -2.43. The van der Waals surface area contributed by atoms with Gasteiger partial charge in [-0.2, -0.15) is 22.0 Å². The molecule has 1 amide bonds. The second kappa shape index (κ2) is 12.0. The van der Waals surface area contributed by atoms with Crippen LogP contribution in [0.5, 0.6) is 17.2 Å². The predicted octanol–water partition coefficient (Wildman–Crippen LogP) is 1.36. The largest absolute Gasteiger partial charge is 0.507 e. The van der Waals surface area contributed by atoms with E-state index in [1.807, 2.05) is 0 Å². The molecule has 2 aromatic carbocycles. The van der Waals surface area contributed by atoms with Gasteiger partial charge in [0.1, 0.15) is 35.6 Å². The maximum atomic E-state index is 13.7. The molecule has 3 aliphatic rings. The Labute approximate surface area is 266 Å². The van der Waals surface area contributed by atoms with Crippen LogP contribution in [-0.4, -0.2) is 105 Å². The van der Waals surface area contributed by atoms with Crippen molar-refractivity contribution in [2.24, 2.45) is 0 Å². The molecule has 0 bridgehead atoms. The molecule has 260 valence electrons. The van der Waals surface area contributed by atoms with E-state index in [4.69, 9.17) is 14.2 Å². The number of nitrogens with one attached hydrogen (secondary N) is 1. The highest BCUT2D eigenvalue weighted by Crippen LogP contribution is 2.52. The Kier molecular flexibility index (Phi) is 8.79. The van der Waals surface area contributed by atoms with Crippen molar-refractivity contribution in [1.29, 1.82) is 0 Å². The van der Waals surface area contributed by atoms with Crippen LogP contribution in [-0.2, 0) is 25.5 Å². The van der Waals surface area contributed by atoms with E-state index in [0.717, 1.165) is 6.92 Å². The number of ether oxygens (including phenoxy) is 3. The Morgan fingerprint density at radius 2 is 1.71 bits per heavy atom. The van der Waals surface area contributed by atoms with E-state index >= 15 is 0 Å². The number of halogens is 5. The minimum absolute atomic E-state index is 0.0452. The Bertz CT molecular complexity index is 1710. The van der Waals surface area contributed by atoms with Crippen molar-refractivity contribution in [3.05, 3.63) is 51.6 Å². The van der Waals surface area contributed by atoms with Gasteiger partial charge in [-0.15, -0.1) is 0 Å². The highest BCUT2D eigenvalue weighted by molar-refractivity contribution is 6.31. The summed E-state index contributed by atoms with van der Waals surface area (Å²) >= 11 is 0. The Balaban J connectivity index is 1.58. The molecule has 18 heteroatoms. The molecule has 48 heavy (non-hydrogen) atoms. The second-order valence-electron chi connectivity index (χ2n) is 11.6. The van der Waals surface area contributed by atoms with E-state index in [1.54, 1.807) is 0 Å². The van der Waals surface area contributed by atoms with E-state index in [-0.39, 0.29) is 16.9 Å². The maximum absolute atomic E-state index is 13.7. The molecule has 2 aromatic rings. The Hall–Kier alpha value is -4.23. The van der Waals surface area contributed by atoms with Crippen LogP contribution in [0.4, 0.5) is 22.0 Å². The third-order valence-electron chi connectivity index (χ3n) is 8.72. The second-order valence-corrected chi connectivity index (χ2v) is 11.6. The van der Waals surface area contributed by atoms with E-state index in [9.17, 15) is 66.7 Å². The number of methoxy groups -OCH3 is 1. The number of fused-ring (bicyclic) bond motifs is 3. The standard InChI is InChI=1S/C30H28F5NO12/c1-10-22(39)13(36-27(44)29(31,32)30(33,34)35)6-17(47-10)48-15-8-28(45,16(38)9-37)7-12-19(15)26(43)21-20(24(12)41)23(40)11-4-3-5-14(46-2)18(11)25(21)42/h3-5,10,13,15,17,22,37,39,41,43,45H,6-9H2,1-2H3,(H,36,44)/t10?,13?,15-,17?,22?,28-/m0/s1. The molecule has 1 saturated heterocycles. The van der Waals surface area contributed by atoms with Gasteiger partial charge in [0, 0.05) is 36.0 Å². The van der Waals surface area contributed by atoms with Gasteiger partial charge in [0.15, 0.2) is 17.9 Å². The molecule has 13 nitrogen and oxygen atoms in total. The number of phenolic OH excluding ortho intramolecular Hbond substituents is 2. The predicted molar refractivity (Wildman–Crippen MR) is 147 cm³/mol. The van der Waals surface area contributed by atoms with Gasteiger partial charge >= 0.3 is 18.0 Å². The van der Waals surface area contributed by atoms with Gasteiger partial charge in [0.05, 0.1) is 42.0 Å². The minimum atomic E-state index is -6.26. The third kappa shape index (κ3) is 5.46. The minimum Gasteiger partial charge on any atom is -0.507 e. The zero-order valence-electron chi connectivity index (χ0n) is 24.9. The number of amides is 1. The van der Waals surface area contributed by atoms with E-state index in [2.05, 4.69) is 0 Å². The fraction of sp³-hybridized carbons (Fsp3) is 0.467. The number of Topliss-reactive ketones (excluding diaryl/α,β-unsaturated/α-hetero) is 1. The van der Waals surface area contributed by atoms with Crippen molar-refractivity contribution in [3.8, 4) is 17.2 Å². The lowest BCUT2D eigenvalue weighted by molar-refractivity contribution is -0.272. The molecule has 1 aliphatic heterocycles. The summed E-state index contributed by atoms with van der Waals surface area (Å²) in [5.74, 6) is -13.6. The number of rotatable bonds is 7. The van der Waals surface area contributed by atoms with Gasteiger partial charge in [0.2, 0.25) is 5.78 Å². The third-order valence-corrected chi connectivity index (χ3v) is 8.72. The van der Waals surface area contributed by atoms with Crippen molar-refractivity contribution < 1.29 is 80.9 Å². The highest BCUT2D eigenvalue weighted by atomic mass is 19.4. The normalized spacial score (nSPS) is 27.1. The van der Waals surface area contributed by atoms with Gasteiger partial charge in [-0.25, -0.2) is 0 Å². The Morgan fingerprint density at radius 3 is 2.31 bits per heavy atom. The van der Waals surface area contributed by atoms with Crippen molar-refractivity contribution in [2.45, 2.75) is 74.5 Å². The molecule has 0 radical (unpaired) electrons. The van der Waals surface area contributed by atoms with Crippen LogP contribution in [0.1, 0.15) is 68.8 Å². The highest BCUT2D eigenvalue weighted by Gasteiger charge is 2.64. The molecule has 0 saturated carbocycles. The zero-order chi connectivity index (χ0) is 35.7. The van der Waals surface area contributed by atoms with Crippen LogP contribution in [0.25, 0.3) is 0 Å².